The number of para-hydroxylation sites is 1. The third kappa shape index (κ3) is 3.70. The molecule has 8 heteroatoms. The highest BCUT2D eigenvalue weighted by Crippen LogP contribution is 2.44. The molecule has 1 aliphatic carbocycles. The molecule has 2 aliphatic rings. The second kappa shape index (κ2) is 7.69. The molecule has 2 aromatic heterocycles. The lowest BCUT2D eigenvalue weighted by molar-refractivity contribution is 0.250. The number of aromatic amines is 1. The van der Waals surface area contributed by atoms with Crippen LogP contribution in [0.1, 0.15) is 34.9 Å². The van der Waals surface area contributed by atoms with Crippen LogP contribution in [-0.4, -0.2) is 56.7 Å². The lowest BCUT2D eigenvalue weighted by Crippen LogP contribution is -2.46. The van der Waals surface area contributed by atoms with Crippen LogP contribution in [-0.2, 0) is 6.54 Å². The number of fused-ring (bicyclic) bond motifs is 1. The number of nitrogens with one attached hydrogen (secondary N) is 1. The molecule has 0 atom stereocenters. The van der Waals surface area contributed by atoms with E-state index >= 15 is 0 Å². The summed E-state index contributed by atoms with van der Waals surface area (Å²) in [6.45, 7) is 7.12. The Morgan fingerprint density at radius 2 is 1.94 bits per heavy atom. The van der Waals surface area contributed by atoms with Crippen LogP contribution in [0.5, 0.6) is 0 Å². The maximum Gasteiger partial charge on any atom is 0.207 e. The van der Waals surface area contributed by atoms with E-state index in [0.717, 1.165) is 49.7 Å². The largest absolute Gasteiger partial charge is 0.368 e. The first-order chi connectivity index (χ1) is 15.2. The highest BCUT2D eigenvalue weighted by atomic mass is 32.1. The summed E-state index contributed by atoms with van der Waals surface area (Å²) in [5.74, 6) is 1.41. The standard InChI is InChI=1S/C23H25N7S/c1-15-12-17(16-6-7-16)13-19(22(15)23-25-27-28-26-23)30-10-8-29(9-11-30)14-21-24-18-4-2-3-5-20(18)31-21/h2-5,12-13,16H,6-11,14H2,1H3,(H,25,26,27,28). The average Bonchev–Trinajstić information content (AvgIpc) is 3.34. The number of thiazole rings is 1. The van der Waals surface area contributed by atoms with Crippen LogP contribution in [0, 0.1) is 6.92 Å². The molecular weight excluding hydrogens is 406 g/mol. The lowest BCUT2D eigenvalue weighted by atomic mass is 9.98. The van der Waals surface area contributed by atoms with Gasteiger partial charge in [-0.3, -0.25) is 4.90 Å². The number of anilines is 1. The van der Waals surface area contributed by atoms with Crippen molar-refractivity contribution in [3.8, 4) is 11.4 Å². The van der Waals surface area contributed by atoms with E-state index in [2.05, 4.69) is 73.7 Å². The minimum Gasteiger partial charge on any atom is -0.368 e. The van der Waals surface area contributed by atoms with Gasteiger partial charge in [0, 0.05) is 37.4 Å². The second-order valence-electron chi connectivity index (χ2n) is 8.58. The van der Waals surface area contributed by atoms with Gasteiger partial charge in [0.2, 0.25) is 5.82 Å². The number of aryl methyl sites for hydroxylation is 1. The molecule has 0 spiro atoms. The first kappa shape index (κ1) is 18.9. The van der Waals surface area contributed by atoms with Crippen molar-refractivity contribution in [2.24, 2.45) is 0 Å². The van der Waals surface area contributed by atoms with Gasteiger partial charge in [0.1, 0.15) is 5.01 Å². The molecule has 0 bridgehead atoms. The Kier molecular flexibility index (Phi) is 4.69. The van der Waals surface area contributed by atoms with Crippen molar-refractivity contribution in [2.75, 3.05) is 31.1 Å². The summed E-state index contributed by atoms with van der Waals surface area (Å²) in [6.07, 6.45) is 2.60. The number of benzene rings is 2. The minimum absolute atomic E-state index is 0.687. The molecule has 1 saturated carbocycles. The van der Waals surface area contributed by atoms with Crippen LogP contribution in [0.25, 0.3) is 21.6 Å². The van der Waals surface area contributed by atoms with Crippen molar-refractivity contribution < 1.29 is 0 Å². The van der Waals surface area contributed by atoms with Gasteiger partial charge in [0.05, 0.1) is 16.8 Å². The first-order valence-corrected chi connectivity index (χ1v) is 11.8. The summed E-state index contributed by atoms with van der Waals surface area (Å²) in [5, 5.41) is 16.2. The number of rotatable bonds is 5. The summed E-state index contributed by atoms with van der Waals surface area (Å²) >= 11 is 1.81. The van der Waals surface area contributed by atoms with E-state index in [1.165, 1.54) is 39.4 Å². The summed E-state index contributed by atoms with van der Waals surface area (Å²) in [5.41, 5.74) is 6.16. The van der Waals surface area contributed by atoms with Gasteiger partial charge in [-0.1, -0.05) is 18.2 Å². The molecule has 1 saturated heterocycles. The number of tetrazole rings is 1. The number of hydrogen-bond acceptors (Lipinski definition) is 7. The highest BCUT2D eigenvalue weighted by molar-refractivity contribution is 7.18. The third-order valence-corrected chi connectivity index (χ3v) is 7.39. The number of nitrogens with zero attached hydrogens (tertiary/aromatic N) is 6. The van der Waals surface area contributed by atoms with Crippen LogP contribution in [0.4, 0.5) is 5.69 Å². The first-order valence-electron chi connectivity index (χ1n) is 10.9. The molecule has 0 radical (unpaired) electrons. The molecule has 3 heterocycles. The van der Waals surface area contributed by atoms with Crippen molar-refractivity contribution in [3.05, 3.63) is 52.5 Å². The van der Waals surface area contributed by atoms with E-state index in [9.17, 15) is 0 Å². The van der Waals surface area contributed by atoms with Crippen LogP contribution < -0.4 is 4.90 Å². The van der Waals surface area contributed by atoms with Crippen molar-refractivity contribution >= 4 is 27.2 Å². The van der Waals surface area contributed by atoms with E-state index in [-0.39, 0.29) is 0 Å². The fourth-order valence-electron chi connectivity index (χ4n) is 4.58. The summed E-state index contributed by atoms with van der Waals surface area (Å²) < 4.78 is 1.27. The van der Waals surface area contributed by atoms with Gasteiger partial charge in [-0.25, -0.2) is 4.98 Å². The van der Waals surface area contributed by atoms with Gasteiger partial charge >= 0.3 is 0 Å². The number of hydrogen-bond donors (Lipinski definition) is 1. The zero-order valence-electron chi connectivity index (χ0n) is 17.6. The molecule has 4 aromatic rings. The van der Waals surface area contributed by atoms with Crippen molar-refractivity contribution in [3.63, 3.8) is 0 Å². The molecule has 1 N–H and O–H groups in total. The quantitative estimate of drug-likeness (QED) is 0.515. The van der Waals surface area contributed by atoms with E-state index < -0.39 is 0 Å². The second-order valence-corrected chi connectivity index (χ2v) is 9.70. The number of piperazine rings is 1. The zero-order valence-corrected chi connectivity index (χ0v) is 18.4. The van der Waals surface area contributed by atoms with E-state index in [1.54, 1.807) is 0 Å². The molecule has 158 valence electrons. The fourth-order valence-corrected chi connectivity index (χ4v) is 5.59. The molecule has 2 aromatic carbocycles. The zero-order chi connectivity index (χ0) is 20.8. The Bertz CT molecular complexity index is 1170. The molecular formula is C23H25N7S. The summed E-state index contributed by atoms with van der Waals surface area (Å²) in [7, 11) is 0. The maximum atomic E-state index is 4.82. The summed E-state index contributed by atoms with van der Waals surface area (Å²) in [4.78, 5) is 9.83. The monoisotopic (exact) mass is 431 g/mol. The Morgan fingerprint density at radius 1 is 1.10 bits per heavy atom. The van der Waals surface area contributed by atoms with Crippen molar-refractivity contribution in [2.45, 2.75) is 32.2 Å². The van der Waals surface area contributed by atoms with E-state index in [4.69, 9.17) is 4.98 Å². The minimum atomic E-state index is 0.687. The van der Waals surface area contributed by atoms with E-state index in [1.807, 2.05) is 11.3 Å². The topological polar surface area (TPSA) is 73.8 Å². The molecule has 31 heavy (non-hydrogen) atoms. The van der Waals surface area contributed by atoms with Crippen LogP contribution in [0.15, 0.2) is 36.4 Å². The van der Waals surface area contributed by atoms with Gasteiger partial charge in [0.15, 0.2) is 0 Å². The van der Waals surface area contributed by atoms with Gasteiger partial charge < -0.3 is 4.90 Å². The Balaban J connectivity index is 1.22. The Morgan fingerprint density at radius 3 is 2.68 bits per heavy atom. The smallest absolute Gasteiger partial charge is 0.207 e. The fraction of sp³-hybridized carbons (Fsp3) is 0.391. The molecule has 0 amide bonds. The van der Waals surface area contributed by atoms with Crippen LogP contribution >= 0.6 is 11.3 Å². The highest BCUT2D eigenvalue weighted by Gasteiger charge is 2.28. The Labute approximate surface area is 185 Å². The predicted octanol–water partition coefficient (Wildman–Crippen LogP) is 3.98. The maximum absolute atomic E-state index is 4.82. The summed E-state index contributed by atoms with van der Waals surface area (Å²) in [6, 6.07) is 13.1. The third-order valence-electron chi connectivity index (χ3n) is 6.36. The van der Waals surface area contributed by atoms with Gasteiger partial charge in [-0.05, 0) is 60.2 Å². The SMILES string of the molecule is Cc1cc(C2CC2)cc(N2CCN(Cc3nc4ccccc4s3)CC2)c1-c1nn[nH]n1. The van der Waals surface area contributed by atoms with E-state index in [0.29, 0.717) is 5.82 Å². The molecule has 1 aliphatic heterocycles. The normalized spacial score (nSPS) is 17.5. The molecule has 7 nitrogen and oxygen atoms in total. The van der Waals surface area contributed by atoms with Crippen LogP contribution in [0.2, 0.25) is 0 Å². The number of aromatic nitrogens is 5. The number of H-pyrrole nitrogens is 1. The van der Waals surface area contributed by atoms with Gasteiger partial charge in [0.25, 0.3) is 0 Å². The van der Waals surface area contributed by atoms with Crippen molar-refractivity contribution in [1.82, 2.24) is 30.5 Å². The van der Waals surface area contributed by atoms with Gasteiger partial charge in [-0.15, -0.1) is 21.5 Å². The molecule has 6 rings (SSSR count). The molecule has 0 unspecified atom stereocenters. The van der Waals surface area contributed by atoms with Crippen molar-refractivity contribution in [1.29, 1.82) is 0 Å². The lowest BCUT2D eigenvalue weighted by Gasteiger charge is -2.37. The van der Waals surface area contributed by atoms with Gasteiger partial charge in [-0.2, -0.15) is 5.21 Å². The average molecular weight is 432 g/mol. The van der Waals surface area contributed by atoms with Crippen LogP contribution in [0.3, 0.4) is 0 Å². The predicted molar refractivity (Wildman–Crippen MR) is 123 cm³/mol. The Hall–Kier alpha value is -2.84. The molecule has 2 fully saturated rings.